The highest BCUT2D eigenvalue weighted by atomic mass is 19.1. The number of piperazine rings is 1. The number of hydrogen-bond donors (Lipinski definition) is 0. The van der Waals surface area contributed by atoms with Gasteiger partial charge in [0, 0.05) is 37.1 Å². The Balaban J connectivity index is 1.65. The van der Waals surface area contributed by atoms with E-state index in [0.29, 0.717) is 36.5 Å². The molecule has 0 radical (unpaired) electrons. The van der Waals surface area contributed by atoms with E-state index in [-0.39, 0.29) is 29.8 Å². The molecule has 166 valence electrons. The predicted molar refractivity (Wildman–Crippen MR) is 120 cm³/mol. The molecule has 2 aliphatic heterocycles. The largest absolute Gasteiger partial charge is 0.472 e. The van der Waals surface area contributed by atoms with Crippen molar-refractivity contribution < 1.29 is 13.6 Å². The first-order valence-electron chi connectivity index (χ1n) is 10.8. The summed E-state index contributed by atoms with van der Waals surface area (Å²) in [7, 11) is 0. The summed E-state index contributed by atoms with van der Waals surface area (Å²) in [5.74, 6) is -0.199. The SMILES string of the molecule is CC(C)C1=CC=C(C#N)[C@H](N2CCN(C(=O)c3ccoc3)C(C)C2)N1c1cccc(F)c1. The van der Waals surface area contributed by atoms with Crippen LogP contribution >= 0.6 is 0 Å². The van der Waals surface area contributed by atoms with Crippen LogP contribution in [0.1, 0.15) is 31.1 Å². The van der Waals surface area contributed by atoms with Crippen molar-refractivity contribution in [1.82, 2.24) is 9.80 Å². The fraction of sp³-hybridized carbons (Fsp3) is 0.360. The number of rotatable bonds is 4. The van der Waals surface area contributed by atoms with Crippen LogP contribution in [0.25, 0.3) is 0 Å². The molecule has 4 rings (SSSR count). The summed E-state index contributed by atoms with van der Waals surface area (Å²) in [5, 5.41) is 9.92. The average Bonchev–Trinajstić information content (AvgIpc) is 3.32. The van der Waals surface area contributed by atoms with Crippen molar-refractivity contribution in [3.05, 3.63) is 77.7 Å². The standard InChI is InChI=1S/C25H27FN4O2/c1-17(2)23-8-7-19(14-27)24(30(23)22-6-4-5-21(26)13-22)28-10-11-29(18(3)15-28)25(31)20-9-12-32-16-20/h4-9,12-13,16-18,24H,10-11,15H2,1-3H3/t18?,24-/m1/s1. The molecule has 0 spiro atoms. The van der Waals surface area contributed by atoms with E-state index >= 15 is 0 Å². The van der Waals surface area contributed by atoms with Crippen molar-refractivity contribution in [3.63, 3.8) is 0 Å². The van der Waals surface area contributed by atoms with Crippen LogP contribution in [-0.2, 0) is 0 Å². The second kappa shape index (κ2) is 9.01. The zero-order valence-electron chi connectivity index (χ0n) is 18.5. The first-order chi connectivity index (χ1) is 15.4. The number of hydrogen-bond acceptors (Lipinski definition) is 5. The first-order valence-corrected chi connectivity index (χ1v) is 10.8. The number of furan rings is 1. The second-order valence-electron chi connectivity index (χ2n) is 8.56. The Morgan fingerprint density at radius 3 is 2.69 bits per heavy atom. The fourth-order valence-corrected chi connectivity index (χ4v) is 4.53. The Bertz CT molecular complexity index is 1080. The zero-order valence-corrected chi connectivity index (χ0v) is 18.5. The molecule has 1 aromatic carbocycles. The van der Waals surface area contributed by atoms with Gasteiger partial charge in [0.2, 0.25) is 0 Å². The van der Waals surface area contributed by atoms with Crippen LogP contribution in [0.4, 0.5) is 10.1 Å². The van der Waals surface area contributed by atoms with E-state index in [0.717, 1.165) is 5.70 Å². The third-order valence-electron chi connectivity index (χ3n) is 6.08. The van der Waals surface area contributed by atoms with Gasteiger partial charge in [-0.3, -0.25) is 9.69 Å². The van der Waals surface area contributed by atoms with E-state index in [2.05, 4.69) is 29.7 Å². The van der Waals surface area contributed by atoms with Gasteiger partial charge in [-0.05, 0) is 49.3 Å². The molecular formula is C25H27FN4O2. The molecule has 7 heteroatoms. The highest BCUT2D eigenvalue weighted by molar-refractivity contribution is 5.94. The first kappa shape index (κ1) is 21.8. The van der Waals surface area contributed by atoms with Gasteiger partial charge in [0.05, 0.1) is 23.5 Å². The van der Waals surface area contributed by atoms with Gasteiger partial charge in [-0.1, -0.05) is 19.9 Å². The number of anilines is 1. The Hall–Kier alpha value is -3.37. The number of allylic oxidation sites excluding steroid dienone is 3. The quantitative estimate of drug-likeness (QED) is 0.714. The van der Waals surface area contributed by atoms with Gasteiger partial charge in [0.25, 0.3) is 5.91 Å². The van der Waals surface area contributed by atoms with Crippen molar-refractivity contribution in [2.24, 2.45) is 5.92 Å². The number of benzene rings is 1. The highest BCUT2D eigenvalue weighted by Gasteiger charge is 2.38. The average molecular weight is 435 g/mol. The van der Waals surface area contributed by atoms with Gasteiger partial charge >= 0.3 is 0 Å². The maximum absolute atomic E-state index is 14.1. The summed E-state index contributed by atoms with van der Waals surface area (Å²) in [4.78, 5) is 19.0. The fourth-order valence-electron chi connectivity index (χ4n) is 4.53. The third kappa shape index (κ3) is 4.06. The van der Waals surface area contributed by atoms with Crippen LogP contribution in [0, 0.1) is 23.1 Å². The molecule has 1 amide bonds. The molecule has 1 aromatic heterocycles. The summed E-state index contributed by atoms with van der Waals surface area (Å²) in [6, 6.07) is 10.4. The van der Waals surface area contributed by atoms with Crippen LogP contribution in [-0.4, -0.2) is 47.5 Å². The molecule has 0 bridgehead atoms. The summed E-state index contributed by atoms with van der Waals surface area (Å²) in [6.07, 6.45) is 6.41. The third-order valence-corrected chi connectivity index (χ3v) is 6.08. The number of nitriles is 1. The van der Waals surface area contributed by atoms with E-state index < -0.39 is 0 Å². The molecule has 0 saturated carbocycles. The van der Waals surface area contributed by atoms with E-state index in [4.69, 9.17) is 4.42 Å². The van der Waals surface area contributed by atoms with Crippen molar-refractivity contribution in [2.75, 3.05) is 24.5 Å². The second-order valence-corrected chi connectivity index (χ2v) is 8.56. The van der Waals surface area contributed by atoms with Gasteiger partial charge in [-0.25, -0.2) is 4.39 Å². The lowest BCUT2D eigenvalue weighted by Gasteiger charge is -2.49. The van der Waals surface area contributed by atoms with Crippen LogP contribution in [0.3, 0.4) is 0 Å². The van der Waals surface area contributed by atoms with Gasteiger partial charge in [0.15, 0.2) is 0 Å². The summed E-state index contributed by atoms with van der Waals surface area (Å²) in [6.45, 7) is 7.89. The molecule has 1 saturated heterocycles. The summed E-state index contributed by atoms with van der Waals surface area (Å²) >= 11 is 0. The monoisotopic (exact) mass is 434 g/mol. The summed E-state index contributed by atoms with van der Waals surface area (Å²) < 4.78 is 19.2. The lowest BCUT2D eigenvalue weighted by molar-refractivity contribution is 0.0428. The van der Waals surface area contributed by atoms with Gasteiger partial charge in [-0.2, -0.15) is 5.26 Å². The van der Waals surface area contributed by atoms with Crippen LogP contribution in [0.2, 0.25) is 0 Å². The van der Waals surface area contributed by atoms with E-state index in [9.17, 15) is 14.4 Å². The molecule has 1 fully saturated rings. The van der Waals surface area contributed by atoms with E-state index in [1.807, 2.05) is 30.0 Å². The molecule has 0 N–H and O–H groups in total. The number of nitrogens with zero attached hydrogens (tertiary/aromatic N) is 4. The molecule has 6 nitrogen and oxygen atoms in total. The van der Waals surface area contributed by atoms with Crippen LogP contribution in [0.5, 0.6) is 0 Å². The molecule has 0 aliphatic carbocycles. The maximum Gasteiger partial charge on any atom is 0.257 e. The number of halogens is 1. The number of amides is 1. The predicted octanol–water partition coefficient (Wildman–Crippen LogP) is 4.40. The Kier molecular flexibility index (Phi) is 6.15. The maximum atomic E-state index is 14.1. The molecule has 1 unspecified atom stereocenters. The van der Waals surface area contributed by atoms with E-state index in [1.54, 1.807) is 12.1 Å². The van der Waals surface area contributed by atoms with Crippen LogP contribution < -0.4 is 4.90 Å². The highest BCUT2D eigenvalue weighted by Crippen LogP contribution is 2.35. The smallest absolute Gasteiger partial charge is 0.257 e. The number of carbonyl (C=O) groups is 1. The lowest BCUT2D eigenvalue weighted by atomic mass is 9.97. The van der Waals surface area contributed by atoms with Crippen molar-refractivity contribution in [3.8, 4) is 6.07 Å². The molecular weight excluding hydrogens is 407 g/mol. The number of carbonyl (C=O) groups excluding carboxylic acids is 1. The van der Waals surface area contributed by atoms with Gasteiger partial charge < -0.3 is 14.2 Å². The Labute approximate surface area is 187 Å². The normalized spacial score (nSPS) is 21.9. The molecule has 2 atom stereocenters. The van der Waals surface area contributed by atoms with E-state index in [1.165, 1.54) is 24.7 Å². The topological polar surface area (TPSA) is 63.7 Å². The van der Waals surface area contributed by atoms with Gasteiger partial charge in [0.1, 0.15) is 18.2 Å². The molecule has 3 heterocycles. The zero-order chi connectivity index (χ0) is 22.8. The van der Waals surface area contributed by atoms with Crippen molar-refractivity contribution in [2.45, 2.75) is 33.0 Å². The molecule has 32 heavy (non-hydrogen) atoms. The van der Waals surface area contributed by atoms with Crippen molar-refractivity contribution >= 4 is 11.6 Å². The minimum atomic E-state index is -0.363. The Morgan fingerprint density at radius 1 is 1.25 bits per heavy atom. The van der Waals surface area contributed by atoms with Crippen molar-refractivity contribution in [1.29, 1.82) is 5.26 Å². The Morgan fingerprint density at radius 2 is 2.06 bits per heavy atom. The minimum absolute atomic E-state index is 0.0599. The molecule has 2 aliphatic rings. The van der Waals surface area contributed by atoms with Gasteiger partial charge in [-0.15, -0.1) is 0 Å². The minimum Gasteiger partial charge on any atom is -0.472 e. The van der Waals surface area contributed by atoms with Crippen LogP contribution in [0.15, 0.2) is 70.7 Å². The molecule has 2 aromatic rings. The summed E-state index contributed by atoms with van der Waals surface area (Å²) in [5.41, 5.74) is 2.86. The lowest BCUT2D eigenvalue weighted by Crippen LogP contribution is -2.61.